The van der Waals surface area contributed by atoms with Crippen LogP contribution in [-0.2, 0) is 9.59 Å². The highest BCUT2D eigenvalue weighted by molar-refractivity contribution is 5.98. The van der Waals surface area contributed by atoms with Gasteiger partial charge in [0.2, 0.25) is 5.91 Å². The molecular formula is C13H15N3O3. The van der Waals surface area contributed by atoms with Crippen molar-refractivity contribution in [3.8, 4) is 5.75 Å². The fourth-order valence-electron chi connectivity index (χ4n) is 2.29. The Hall–Kier alpha value is -2.08. The first-order chi connectivity index (χ1) is 9.22. The van der Waals surface area contributed by atoms with E-state index < -0.39 is 0 Å². The summed E-state index contributed by atoms with van der Waals surface area (Å²) in [6, 6.07) is 5.09. The molecule has 0 aromatic heterocycles. The Bertz CT molecular complexity index is 524. The van der Waals surface area contributed by atoms with Crippen molar-refractivity contribution >= 4 is 23.2 Å². The molecule has 6 nitrogen and oxygen atoms in total. The third-order valence-corrected chi connectivity index (χ3v) is 3.26. The molecule has 1 atom stereocenters. The maximum absolute atomic E-state index is 12.0. The zero-order valence-electron chi connectivity index (χ0n) is 10.4. The molecule has 1 unspecified atom stereocenters. The van der Waals surface area contributed by atoms with Crippen LogP contribution in [0.2, 0.25) is 0 Å². The molecule has 1 fully saturated rings. The van der Waals surface area contributed by atoms with E-state index in [2.05, 4.69) is 16.0 Å². The van der Waals surface area contributed by atoms with Crippen LogP contribution in [0.5, 0.6) is 5.75 Å². The van der Waals surface area contributed by atoms with E-state index >= 15 is 0 Å². The standard InChI is InChI=1S/C13H15N3O3/c17-12-7-19-11-6-8(3-4-9(11)16-12)15-13(18)10-2-1-5-14-10/h3-4,6,10,14H,1-2,5,7H2,(H,15,18)(H,16,17). The Labute approximate surface area is 110 Å². The van der Waals surface area contributed by atoms with Gasteiger partial charge in [-0.15, -0.1) is 0 Å². The van der Waals surface area contributed by atoms with E-state index in [1.807, 2.05) is 0 Å². The van der Waals surface area contributed by atoms with Crippen molar-refractivity contribution in [3.05, 3.63) is 18.2 Å². The van der Waals surface area contributed by atoms with Crippen LogP contribution < -0.4 is 20.7 Å². The first-order valence-corrected chi connectivity index (χ1v) is 6.33. The van der Waals surface area contributed by atoms with Crippen LogP contribution in [0.15, 0.2) is 18.2 Å². The van der Waals surface area contributed by atoms with Gasteiger partial charge in [0.15, 0.2) is 6.61 Å². The Morgan fingerprint density at radius 3 is 3.11 bits per heavy atom. The molecular weight excluding hydrogens is 246 g/mol. The molecule has 0 saturated carbocycles. The fourth-order valence-corrected chi connectivity index (χ4v) is 2.29. The Morgan fingerprint density at radius 2 is 2.32 bits per heavy atom. The highest BCUT2D eigenvalue weighted by Crippen LogP contribution is 2.30. The topological polar surface area (TPSA) is 79.5 Å². The van der Waals surface area contributed by atoms with E-state index in [0.29, 0.717) is 17.1 Å². The molecule has 3 rings (SSSR count). The van der Waals surface area contributed by atoms with Crippen molar-refractivity contribution in [1.29, 1.82) is 0 Å². The molecule has 1 saturated heterocycles. The molecule has 0 bridgehead atoms. The molecule has 2 aliphatic rings. The number of anilines is 2. The lowest BCUT2D eigenvalue weighted by molar-refractivity contribution is -0.119. The minimum atomic E-state index is -0.167. The van der Waals surface area contributed by atoms with Gasteiger partial charge in [-0.2, -0.15) is 0 Å². The van der Waals surface area contributed by atoms with Gasteiger partial charge in [-0.1, -0.05) is 0 Å². The summed E-state index contributed by atoms with van der Waals surface area (Å²) in [7, 11) is 0. The summed E-state index contributed by atoms with van der Waals surface area (Å²) in [5.41, 5.74) is 1.31. The largest absolute Gasteiger partial charge is 0.482 e. The van der Waals surface area contributed by atoms with Crippen LogP contribution in [0.3, 0.4) is 0 Å². The van der Waals surface area contributed by atoms with Crippen molar-refractivity contribution in [2.24, 2.45) is 0 Å². The highest BCUT2D eigenvalue weighted by atomic mass is 16.5. The Kier molecular flexibility index (Phi) is 3.08. The lowest BCUT2D eigenvalue weighted by atomic mass is 10.2. The number of hydrogen-bond donors (Lipinski definition) is 3. The number of carbonyl (C=O) groups is 2. The van der Waals surface area contributed by atoms with E-state index in [9.17, 15) is 9.59 Å². The number of carbonyl (C=O) groups excluding carboxylic acids is 2. The molecule has 0 radical (unpaired) electrons. The predicted molar refractivity (Wildman–Crippen MR) is 70.2 cm³/mol. The zero-order valence-corrected chi connectivity index (χ0v) is 10.4. The number of rotatable bonds is 2. The highest BCUT2D eigenvalue weighted by Gasteiger charge is 2.22. The van der Waals surface area contributed by atoms with Gasteiger partial charge in [0, 0.05) is 11.8 Å². The summed E-state index contributed by atoms with van der Waals surface area (Å²) in [5.74, 6) is 0.383. The van der Waals surface area contributed by atoms with Crippen LogP contribution in [0.4, 0.5) is 11.4 Å². The number of ether oxygens (including phenoxy) is 1. The van der Waals surface area contributed by atoms with Crippen molar-refractivity contribution < 1.29 is 14.3 Å². The maximum atomic E-state index is 12.0. The van der Waals surface area contributed by atoms with Crippen molar-refractivity contribution in [3.63, 3.8) is 0 Å². The normalized spacial score (nSPS) is 21.3. The molecule has 1 aromatic carbocycles. The first-order valence-electron chi connectivity index (χ1n) is 6.33. The fraction of sp³-hybridized carbons (Fsp3) is 0.385. The van der Waals surface area contributed by atoms with Gasteiger partial charge >= 0.3 is 0 Å². The Morgan fingerprint density at radius 1 is 1.42 bits per heavy atom. The number of nitrogens with one attached hydrogen (secondary N) is 3. The van der Waals surface area contributed by atoms with E-state index in [0.717, 1.165) is 19.4 Å². The second-order valence-electron chi connectivity index (χ2n) is 4.69. The van der Waals surface area contributed by atoms with Gasteiger partial charge in [0.1, 0.15) is 5.75 Å². The molecule has 3 N–H and O–H groups in total. The monoisotopic (exact) mass is 261 g/mol. The minimum Gasteiger partial charge on any atom is -0.482 e. The van der Waals surface area contributed by atoms with E-state index in [1.54, 1.807) is 18.2 Å². The van der Waals surface area contributed by atoms with Gasteiger partial charge in [0.05, 0.1) is 11.7 Å². The van der Waals surface area contributed by atoms with E-state index in [1.165, 1.54) is 0 Å². The molecule has 2 aliphatic heterocycles. The number of hydrogen-bond acceptors (Lipinski definition) is 4. The smallest absolute Gasteiger partial charge is 0.262 e. The van der Waals surface area contributed by atoms with Gasteiger partial charge in [-0.05, 0) is 31.5 Å². The zero-order chi connectivity index (χ0) is 13.2. The third-order valence-electron chi connectivity index (χ3n) is 3.26. The van der Waals surface area contributed by atoms with Crippen LogP contribution in [0, 0.1) is 0 Å². The van der Waals surface area contributed by atoms with E-state index in [4.69, 9.17) is 4.74 Å². The molecule has 2 heterocycles. The quantitative estimate of drug-likeness (QED) is 0.732. The molecule has 100 valence electrons. The average Bonchev–Trinajstić information content (AvgIpc) is 2.93. The van der Waals surface area contributed by atoms with Crippen LogP contribution in [0.25, 0.3) is 0 Å². The summed E-state index contributed by atoms with van der Waals surface area (Å²) >= 11 is 0. The summed E-state index contributed by atoms with van der Waals surface area (Å²) in [6.45, 7) is 0.895. The number of amides is 2. The van der Waals surface area contributed by atoms with Crippen LogP contribution in [-0.4, -0.2) is 31.0 Å². The molecule has 1 aromatic rings. The molecule has 6 heteroatoms. The molecule has 0 spiro atoms. The van der Waals surface area contributed by atoms with Crippen molar-refractivity contribution in [2.45, 2.75) is 18.9 Å². The summed E-state index contributed by atoms with van der Waals surface area (Å²) in [6.07, 6.45) is 1.89. The van der Waals surface area contributed by atoms with Crippen LogP contribution in [0.1, 0.15) is 12.8 Å². The lowest BCUT2D eigenvalue weighted by Crippen LogP contribution is -2.35. The Balaban J connectivity index is 1.71. The SMILES string of the molecule is O=C1COc2cc(NC(=O)C3CCCN3)ccc2N1. The van der Waals surface area contributed by atoms with Gasteiger partial charge in [-0.25, -0.2) is 0 Å². The summed E-state index contributed by atoms with van der Waals surface area (Å²) in [5, 5.41) is 8.70. The lowest BCUT2D eigenvalue weighted by Gasteiger charge is -2.19. The number of benzene rings is 1. The number of fused-ring (bicyclic) bond motifs is 1. The van der Waals surface area contributed by atoms with Crippen LogP contribution >= 0.6 is 0 Å². The van der Waals surface area contributed by atoms with Crippen molar-refractivity contribution in [2.75, 3.05) is 23.8 Å². The van der Waals surface area contributed by atoms with Gasteiger partial charge < -0.3 is 20.7 Å². The minimum absolute atomic E-state index is 0.00851. The molecule has 0 aliphatic carbocycles. The van der Waals surface area contributed by atoms with Gasteiger partial charge in [-0.3, -0.25) is 9.59 Å². The first kappa shape index (κ1) is 12.0. The average molecular weight is 261 g/mol. The summed E-state index contributed by atoms with van der Waals surface area (Å²) in [4.78, 5) is 23.1. The maximum Gasteiger partial charge on any atom is 0.262 e. The second-order valence-corrected chi connectivity index (χ2v) is 4.69. The predicted octanol–water partition coefficient (Wildman–Crippen LogP) is 0.708. The molecule has 19 heavy (non-hydrogen) atoms. The van der Waals surface area contributed by atoms with Gasteiger partial charge in [0.25, 0.3) is 5.91 Å². The molecule has 2 amide bonds. The third kappa shape index (κ3) is 2.53. The van der Waals surface area contributed by atoms with Crippen molar-refractivity contribution in [1.82, 2.24) is 5.32 Å². The van der Waals surface area contributed by atoms with E-state index in [-0.39, 0.29) is 24.5 Å². The summed E-state index contributed by atoms with van der Waals surface area (Å²) < 4.78 is 5.30. The second kappa shape index (κ2) is 4.89.